The molecule has 1 aromatic carbocycles. The normalized spacial score (nSPS) is 17.0. The third-order valence-corrected chi connectivity index (χ3v) is 4.98. The van der Waals surface area contributed by atoms with Gasteiger partial charge in [0.15, 0.2) is 0 Å². The number of aliphatic hydroxyl groups is 1. The lowest BCUT2D eigenvalue weighted by molar-refractivity contribution is -0.123. The highest BCUT2D eigenvalue weighted by Crippen LogP contribution is 2.25. The molecule has 0 bridgehead atoms. The molecule has 1 fully saturated rings. The fraction of sp³-hybridized carbons (Fsp3) is 0.429. The van der Waals surface area contributed by atoms with E-state index in [2.05, 4.69) is 47.2 Å². The number of aryl methyl sites for hydroxylation is 2. The first kappa shape index (κ1) is 18.5. The minimum Gasteiger partial charge on any atom is -0.393 e. The molecular formula is C21H27N3O2. The number of benzene rings is 1. The number of nitrogens with zero attached hydrogens (tertiary/aromatic N) is 2. The van der Waals surface area contributed by atoms with Crippen molar-refractivity contribution in [1.29, 1.82) is 0 Å². The van der Waals surface area contributed by atoms with Crippen LogP contribution >= 0.6 is 0 Å². The van der Waals surface area contributed by atoms with E-state index in [0.29, 0.717) is 6.54 Å². The molecule has 3 rings (SSSR count). The van der Waals surface area contributed by atoms with Gasteiger partial charge in [-0.3, -0.25) is 14.7 Å². The quantitative estimate of drug-likeness (QED) is 0.866. The number of carbonyl (C=O) groups is 1. The van der Waals surface area contributed by atoms with Crippen molar-refractivity contribution < 1.29 is 9.90 Å². The van der Waals surface area contributed by atoms with Gasteiger partial charge in [0.05, 0.1) is 18.7 Å². The van der Waals surface area contributed by atoms with Gasteiger partial charge < -0.3 is 10.4 Å². The van der Waals surface area contributed by atoms with Gasteiger partial charge in [-0.25, -0.2) is 0 Å². The maximum Gasteiger partial charge on any atom is 0.234 e. The molecule has 0 spiro atoms. The van der Waals surface area contributed by atoms with Crippen LogP contribution in [0.25, 0.3) is 0 Å². The smallest absolute Gasteiger partial charge is 0.234 e. The summed E-state index contributed by atoms with van der Waals surface area (Å²) in [4.78, 5) is 19.0. The van der Waals surface area contributed by atoms with Crippen LogP contribution in [0.15, 0.2) is 42.7 Å². The average Bonchev–Trinajstić information content (AvgIpc) is 2.63. The molecule has 138 valence electrons. The Morgan fingerprint density at radius 1 is 1.31 bits per heavy atom. The summed E-state index contributed by atoms with van der Waals surface area (Å²) in [5.74, 6) is -0.00443. The predicted molar refractivity (Wildman–Crippen MR) is 102 cm³/mol. The van der Waals surface area contributed by atoms with Crippen LogP contribution in [0.4, 0.5) is 0 Å². The molecule has 1 aromatic heterocycles. The summed E-state index contributed by atoms with van der Waals surface area (Å²) in [6.45, 7) is 6.02. The molecule has 1 atom stereocenters. The van der Waals surface area contributed by atoms with Crippen molar-refractivity contribution >= 4 is 5.91 Å². The van der Waals surface area contributed by atoms with E-state index < -0.39 is 0 Å². The lowest BCUT2D eigenvalue weighted by Gasteiger charge is -2.30. The third-order valence-electron chi connectivity index (χ3n) is 4.98. The lowest BCUT2D eigenvalue weighted by Crippen LogP contribution is -2.43. The predicted octanol–water partition coefficient (Wildman–Crippen LogP) is 2.36. The van der Waals surface area contributed by atoms with Gasteiger partial charge in [-0.1, -0.05) is 29.8 Å². The SMILES string of the molecule is Cc1ccc([C@@H](NC(=O)CN2CCC(O)CC2)c2cccnc2)c(C)c1. The van der Waals surface area contributed by atoms with E-state index in [4.69, 9.17) is 0 Å². The van der Waals surface area contributed by atoms with Gasteiger partial charge in [-0.2, -0.15) is 0 Å². The Balaban J connectivity index is 1.77. The second-order valence-electron chi connectivity index (χ2n) is 7.15. The molecule has 2 heterocycles. The summed E-state index contributed by atoms with van der Waals surface area (Å²) in [5, 5.41) is 12.8. The molecule has 26 heavy (non-hydrogen) atoms. The van der Waals surface area contributed by atoms with E-state index in [1.807, 2.05) is 18.3 Å². The summed E-state index contributed by atoms with van der Waals surface area (Å²) >= 11 is 0. The maximum atomic E-state index is 12.7. The van der Waals surface area contributed by atoms with Crippen LogP contribution in [0, 0.1) is 13.8 Å². The molecule has 1 saturated heterocycles. The van der Waals surface area contributed by atoms with Crippen molar-refractivity contribution in [1.82, 2.24) is 15.2 Å². The summed E-state index contributed by atoms with van der Waals surface area (Å²) in [5.41, 5.74) is 4.42. The van der Waals surface area contributed by atoms with E-state index in [1.54, 1.807) is 6.20 Å². The topological polar surface area (TPSA) is 65.5 Å². The Labute approximate surface area is 155 Å². The van der Waals surface area contributed by atoms with Crippen molar-refractivity contribution in [2.24, 2.45) is 0 Å². The molecule has 5 heteroatoms. The van der Waals surface area contributed by atoms with Gasteiger partial charge in [-0.15, -0.1) is 0 Å². The standard InChI is InChI=1S/C21H27N3O2/c1-15-5-6-19(16(2)12-15)21(17-4-3-9-22-13-17)23-20(26)14-24-10-7-18(25)8-11-24/h3-6,9,12-13,18,21,25H,7-8,10-11,14H2,1-2H3,(H,23,26)/t21-/m0/s1. The molecule has 0 aliphatic carbocycles. The van der Waals surface area contributed by atoms with Crippen LogP contribution < -0.4 is 5.32 Å². The largest absolute Gasteiger partial charge is 0.393 e. The zero-order valence-corrected chi connectivity index (χ0v) is 15.5. The first-order valence-corrected chi connectivity index (χ1v) is 9.20. The molecule has 1 aliphatic heterocycles. The van der Waals surface area contributed by atoms with Gasteiger partial charge in [-0.05, 0) is 49.4 Å². The average molecular weight is 353 g/mol. The van der Waals surface area contributed by atoms with Crippen LogP contribution in [-0.4, -0.2) is 46.6 Å². The minimum atomic E-state index is -0.229. The van der Waals surface area contributed by atoms with E-state index in [9.17, 15) is 9.90 Å². The summed E-state index contributed by atoms with van der Waals surface area (Å²) in [6, 6.07) is 9.96. The first-order chi connectivity index (χ1) is 12.5. The van der Waals surface area contributed by atoms with Crippen LogP contribution in [0.1, 0.15) is 41.1 Å². The highest BCUT2D eigenvalue weighted by molar-refractivity contribution is 5.79. The Bertz CT molecular complexity index is 740. The van der Waals surface area contributed by atoms with Gasteiger partial charge in [0, 0.05) is 25.5 Å². The minimum absolute atomic E-state index is 0.00443. The Hall–Kier alpha value is -2.24. The molecule has 0 unspecified atom stereocenters. The summed E-state index contributed by atoms with van der Waals surface area (Å²) in [7, 11) is 0. The second kappa shape index (κ2) is 8.43. The number of nitrogens with one attached hydrogen (secondary N) is 1. The van der Waals surface area contributed by atoms with Crippen LogP contribution in [-0.2, 0) is 4.79 Å². The lowest BCUT2D eigenvalue weighted by atomic mass is 9.94. The zero-order chi connectivity index (χ0) is 18.5. The number of carbonyl (C=O) groups excluding carboxylic acids is 1. The van der Waals surface area contributed by atoms with Crippen molar-refractivity contribution in [3.05, 3.63) is 65.0 Å². The van der Waals surface area contributed by atoms with Crippen LogP contribution in [0.3, 0.4) is 0 Å². The number of amides is 1. The molecule has 0 radical (unpaired) electrons. The molecule has 0 saturated carbocycles. The fourth-order valence-corrected chi connectivity index (χ4v) is 3.52. The number of aliphatic hydroxyl groups excluding tert-OH is 1. The highest BCUT2D eigenvalue weighted by atomic mass is 16.3. The third kappa shape index (κ3) is 4.68. The monoisotopic (exact) mass is 353 g/mol. The van der Waals surface area contributed by atoms with Crippen molar-refractivity contribution in [2.45, 2.75) is 38.8 Å². The van der Waals surface area contributed by atoms with Crippen molar-refractivity contribution in [3.8, 4) is 0 Å². The van der Waals surface area contributed by atoms with E-state index >= 15 is 0 Å². The van der Waals surface area contributed by atoms with E-state index in [1.165, 1.54) is 5.56 Å². The zero-order valence-electron chi connectivity index (χ0n) is 15.5. The molecule has 1 amide bonds. The molecule has 2 aromatic rings. The molecule has 5 nitrogen and oxygen atoms in total. The number of likely N-dealkylation sites (tertiary alicyclic amines) is 1. The Morgan fingerprint density at radius 2 is 2.08 bits per heavy atom. The Kier molecular flexibility index (Phi) is 6.01. The summed E-state index contributed by atoms with van der Waals surface area (Å²) < 4.78 is 0. The number of piperidine rings is 1. The van der Waals surface area contributed by atoms with Crippen molar-refractivity contribution in [2.75, 3.05) is 19.6 Å². The van der Waals surface area contributed by atoms with Gasteiger partial charge in [0.25, 0.3) is 0 Å². The van der Waals surface area contributed by atoms with E-state index in [0.717, 1.165) is 42.6 Å². The first-order valence-electron chi connectivity index (χ1n) is 9.20. The number of rotatable bonds is 5. The van der Waals surface area contributed by atoms with E-state index in [-0.39, 0.29) is 18.1 Å². The molecule has 1 aliphatic rings. The number of pyridine rings is 1. The van der Waals surface area contributed by atoms with Gasteiger partial charge >= 0.3 is 0 Å². The van der Waals surface area contributed by atoms with Crippen molar-refractivity contribution in [3.63, 3.8) is 0 Å². The second-order valence-corrected chi connectivity index (χ2v) is 7.15. The number of hydrogen-bond acceptors (Lipinski definition) is 4. The van der Waals surface area contributed by atoms with Gasteiger partial charge in [0.1, 0.15) is 0 Å². The van der Waals surface area contributed by atoms with Crippen LogP contribution in [0.2, 0.25) is 0 Å². The Morgan fingerprint density at radius 3 is 2.73 bits per heavy atom. The molecule has 2 N–H and O–H groups in total. The van der Waals surface area contributed by atoms with Gasteiger partial charge in [0.2, 0.25) is 5.91 Å². The highest BCUT2D eigenvalue weighted by Gasteiger charge is 2.22. The number of hydrogen-bond donors (Lipinski definition) is 2. The number of aromatic nitrogens is 1. The fourth-order valence-electron chi connectivity index (χ4n) is 3.52. The molecular weight excluding hydrogens is 326 g/mol. The summed E-state index contributed by atoms with van der Waals surface area (Å²) in [6.07, 6.45) is 4.78. The maximum absolute atomic E-state index is 12.7. The van der Waals surface area contributed by atoms with Crippen LogP contribution in [0.5, 0.6) is 0 Å².